The third-order valence-electron chi connectivity index (χ3n) is 5.55. The molecule has 29 heavy (non-hydrogen) atoms. The van der Waals surface area contributed by atoms with Crippen molar-refractivity contribution in [2.75, 3.05) is 24.3 Å². The molecule has 1 aromatic rings. The Morgan fingerprint density at radius 2 is 1.62 bits per heavy atom. The quantitative estimate of drug-likeness (QED) is 0.519. The van der Waals surface area contributed by atoms with E-state index in [-0.39, 0.29) is 17.5 Å². The molecule has 1 saturated carbocycles. The van der Waals surface area contributed by atoms with Crippen molar-refractivity contribution < 1.29 is 4.79 Å². The standard InChI is InChI=1S/C24H36N4O/c1-28(2)23-16-12-15-22(17-23)26-19-20(18-25)24(29)27-21-13-10-8-6-4-3-5-7-9-11-14-21/h12,15-17,19,21,26H,3-11,13-14H2,1-2H3,(H,27,29)/b20-19-. The molecule has 2 rings (SSSR count). The maximum atomic E-state index is 12.7. The van der Waals surface area contributed by atoms with E-state index in [2.05, 4.69) is 10.6 Å². The smallest absolute Gasteiger partial charge is 0.263 e. The van der Waals surface area contributed by atoms with E-state index in [1.54, 1.807) is 0 Å². The van der Waals surface area contributed by atoms with Gasteiger partial charge in [-0.15, -0.1) is 0 Å². The minimum atomic E-state index is -0.277. The zero-order valence-electron chi connectivity index (χ0n) is 18.0. The van der Waals surface area contributed by atoms with Gasteiger partial charge in [0, 0.05) is 37.7 Å². The van der Waals surface area contributed by atoms with Crippen molar-refractivity contribution >= 4 is 17.3 Å². The minimum Gasteiger partial charge on any atom is -0.378 e. The molecule has 5 nitrogen and oxygen atoms in total. The minimum absolute atomic E-state index is 0.117. The Morgan fingerprint density at radius 3 is 2.17 bits per heavy atom. The van der Waals surface area contributed by atoms with Crippen molar-refractivity contribution in [1.82, 2.24) is 5.32 Å². The number of nitrogens with one attached hydrogen (secondary N) is 2. The van der Waals surface area contributed by atoms with E-state index in [1.807, 2.05) is 49.3 Å². The molecule has 5 heteroatoms. The molecule has 1 aromatic carbocycles. The van der Waals surface area contributed by atoms with Gasteiger partial charge in [0.1, 0.15) is 11.6 Å². The highest BCUT2D eigenvalue weighted by atomic mass is 16.1. The summed E-state index contributed by atoms with van der Waals surface area (Å²) in [5.41, 5.74) is 2.02. The van der Waals surface area contributed by atoms with E-state index in [9.17, 15) is 10.1 Å². The van der Waals surface area contributed by atoms with Crippen molar-refractivity contribution in [3.05, 3.63) is 36.0 Å². The van der Waals surface area contributed by atoms with E-state index in [0.29, 0.717) is 0 Å². The molecule has 1 aliphatic rings. The molecule has 2 N–H and O–H groups in total. The Morgan fingerprint density at radius 1 is 1.03 bits per heavy atom. The van der Waals surface area contributed by atoms with Gasteiger partial charge in [-0.25, -0.2) is 0 Å². The molecular weight excluding hydrogens is 360 g/mol. The number of rotatable bonds is 5. The van der Waals surface area contributed by atoms with Crippen LogP contribution in [0.25, 0.3) is 0 Å². The first kappa shape index (κ1) is 22.8. The summed E-state index contributed by atoms with van der Waals surface area (Å²) in [6.45, 7) is 0. The van der Waals surface area contributed by atoms with Crippen LogP contribution in [0.1, 0.15) is 70.6 Å². The fourth-order valence-corrected chi connectivity index (χ4v) is 3.75. The second-order valence-electron chi connectivity index (χ2n) is 8.19. The van der Waals surface area contributed by atoms with Gasteiger partial charge in [0.15, 0.2) is 0 Å². The number of nitrogens with zero attached hydrogens (tertiary/aromatic N) is 2. The van der Waals surface area contributed by atoms with Crippen LogP contribution in [-0.2, 0) is 4.79 Å². The molecule has 0 atom stereocenters. The summed E-state index contributed by atoms with van der Waals surface area (Å²) >= 11 is 0. The van der Waals surface area contributed by atoms with Crippen molar-refractivity contribution in [3.63, 3.8) is 0 Å². The van der Waals surface area contributed by atoms with Crippen LogP contribution in [0.4, 0.5) is 11.4 Å². The highest BCUT2D eigenvalue weighted by Crippen LogP contribution is 2.19. The number of carbonyl (C=O) groups excluding carboxylic acids is 1. The summed E-state index contributed by atoms with van der Waals surface area (Å²) in [6.07, 6.45) is 14.9. The molecule has 0 spiro atoms. The van der Waals surface area contributed by atoms with Crippen LogP contribution in [-0.4, -0.2) is 26.0 Å². The molecule has 1 aliphatic carbocycles. The van der Waals surface area contributed by atoms with Gasteiger partial charge in [-0.05, 0) is 31.0 Å². The van der Waals surface area contributed by atoms with Gasteiger partial charge < -0.3 is 15.5 Å². The lowest BCUT2D eigenvalue weighted by atomic mass is 9.98. The van der Waals surface area contributed by atoms with Gasteiger partial charge in [-0.2, -0.15) is 5.26 Å². The molecule has 0 aliphatic heterocycles. The average molecular weight is 397 g/mol. The second-order valence-corrected chi connectivity index (χ2v) is 8.19. The first-order valence-electron chi connectivity index (χ1n) is 11.0. The molecule has 0 heterocycles. The lowest BCUT2D eigenvalue weighted by molar-refractivity contribution is -0.117. The van der Waals surface area contributed by atoms with Crippen molar-refractivity contribution in [1.29, 1.82) is 5.26 Å². The fraction of sp³-hybridized carbons (Fsp3) is 0.583. The number of anilines is 2. The van der Waals surface area contributed by atoms with Crippen molar-refractivity contribution in [3.8, 4) is 6.07 Å². The monoisotopic (exact) mass is 396 g/mol. The number of hydrogen-bond acceptors (Lipinski definition) is 4. The summed E-state index contributed by atoms with van der Waals surface area (Å²) in [6, 6.07) is 10.1. The first-order chi connectivity index (χ1) is 14.1. The largest absolute Gasteiger partial charge is 0.378 e. The maximum Gasteiger partial charge on any atom is 0.263 e. The van der Waals surface area contributed by atoms with E-state index in [1.165, 1.54) is 51.1 Å². The number of benzene rings is 1. The summed E-state index contributed by atoms with van der Waals surface area (Å²) in [7, 11) is 3.96. The molecule has 0 aromatic heterocycles. The van der Waals surface area contributed by atoms with Crippen LogP contribution in [0, 0.1) is 11.3 Å². The van der Waals surface area contributed by atoms with Crippen LogP contribution in [0.15, 0.2) is 36.0 Å². The second kappa shape index (κ2) is 12.9. The molecule has 0 saturated heterocycles. The topological polar surface area (TPSA) is 68.2 Å². The normalized spacial score (nSPS) is 17.3. The Bertz CT molecular complexity index is 693. The van der Waals surface area contributed by atoms with E-state index in [0.717, 1.165) is 37.1 Å². The summed E-state index contributed by atoms with van der Waals surface area (Å²) in [5, 5.41) is 15.7. The van der Waals surface area contributed by atoms with Crippen LogP contribution in [0.3, 0.4) is 0 Å². The van der Waals surface area contributed by atoms with Crippen LogP contribution in [0.5, 0.6) is 0 Å². The molecule has 1 fully saturated rings. The number of nitriles is 1. The van der Waals surface area contributed by atoms with Crippen molar-refractivity contribution in [2.45, 2.75) is 76.7 Å². The summed E-state index contributed by atoms with van der Waals surface area (Å²) in [4.78, 5) is 14.7. The number of hydrogen-bond donors (Lipinski definition) is 2. The highest BCUT2D eigenvalue weighted by Gasteiger charge is 2.16. The van der Waals surface area contributed by atoms with Crippen LogP contribution in [0.2, 0.25) is 0 Å². The third-order valence-corrected chi connectivity index (χ3v) is 5.55. The van der Waals surface area contributed by atoms with E-state index >= 15 is 0 Å². The van der Waals surface area contributed by atoms with Crippen LogP contribution >= 0.6 is 0 Å². The summed E-state index contributed by atoms with van der Waals surface area (Å²) < 4.78 is 0. The molecular formula is C24H36N4O. The van der Waals surface area contributed by atoms with Crippen molar-refractivity contribution in [2.24, 2.45) is 0 Å². The predicted molar refractivity (Wildman–Crippen MR) is 121 cm³/mol. The van der Waals surface area contributed by atoms with Gasteiger partial charge in [0.2, 0.25) is 0 Å². The Hall–Kier alpha value is -2.48. The predicted octanol–water partition coefficient (Wildman–Crippen LogP) is 5.36. The first-order valence-corrected chi connectivity index (χ1v) is 11.0. The van der Waals surface area contributed by atoms with Gasteiger partial charge in [0.25, 0.3) is 5.91 Å². The highest BCUT2D eigenvalue weighted by molar-refractivity contribution is 5.97. The lowest BCUT2D eigenvalue weighted by Gasteiger charge is -2.19. The molecule has 0 radical (unpaired) electrons. The fourth-order valence-electron chi connectivity index (χ4n) is 3.75. The third kappa shape index (κ3) is 8.60. The lowest BCUT2D eigenvalue weighted by Crippen LogP contribution is -2.35. The molecule has 158 valence electrons. The Balaban J connectivity index is 1.94. The van der Waals surface area contributed by atoms with Gasteiger partial charge >= 0.3 is 0 Å². The van der Waals surface area contributed by atoms with Gasteiger partial charge in [-0.3, -0.25) is 4.79 Å². The van der Waals surface area contributed by atoms with Gasteiger partial charge in [-0.1, -0.05) is 63.9 Å². The average Bonchev–Trinajstić information content (AvgIpc) is 2.70. The zero-order valence-corrected chi connectivity index (χ0v) is 18.0. The zero-order chi connectivity index (χ0) is 20.9. The van der Waals surface area contributed by atoms with E-state index in [4.69, 9.17) is 0 Å². The maximum absolute atomic E-state index is 12.7. The molecule has 0 unspecified atom stereocenters. The number of carbonyl (C=O) groups is 1. The van der Waals surface area contributed by atoms with Gasteiger partial charge in [0.05, 0.1) is 0 Å². The summed E-state index contributed by atoms with van der Waals surface area (Å²) in [5.74, 6) is -0.277. The van der Waals surface area contributed by atoms with E-state index < -0.39 is 0 Å². The number of amides is 1. The molecule has 1 amide bonds. The van der Waals surface area contributed by atoms with Crippen LogP contribution < -0.4 is 15.5 Å². The Kier molecular flexibility index (Phi) is 10.1. The molecule has 0 bridgehead atoms. The Labute approximate surface area is 176 Å². The SMILES string of the molecule is CN(C)c1cccc(N/C=C(/C#N)C(=O)NC2CCCCCCCCCCC2)c1.